The van der Waals surface area contributed by atoms with Crippen molar-refractivity contribution >= 4 is 52.4 Å². The van der Waals surface area contributed by atoms with Gasteiger partial charge in [0.25, 0.3) is 0 Å². The van der Waals surface area contributed by atoms with E-state index in [2.05, 4.69) is 0 Å². The minimum Gasteiger partial charge on any atom is -0.502 e. The molecular weight excluding hydrogens is 655 g/mol. The van der Waals surface area contributed by atoms with Crippen LogP contribution in [0.25, 0.3) is 0 Å². The number of aromatic hydroxyl groups is 1. The number of methoxy groups -OCH3 is 2. The summed E-state index contributed by atoms with van der Waals surface area (Å²) in [5.41, 5.74) is 0.696. The Hall–Kier alpha value is -5.03. The number of carbonyl (C=O) groups excluding carboxylic acids is 5. The smallest absolute Gasteiger partial charge is 0.241 e. The van der Waals surface area contributed by atoms with Gasteiger partial charge in [0.05, 0.1) is 53.8 Å². The molecule has 3 fully saturated rings. The fourth-order valence-corrected chi connectivity index (χ4v) is 8.62. The van der Waals surface area contributed by atoms with Crippen LogP contribution in [-0.2, 0) is 19.2 Å². The average molecular weight is 687 g/mol. The van der Waals surface area contributed by atoms with Gasteiger partial charge < -0.3 is 14.6 Å². The molecule has 3 aromatic rings. The van der Waals surface area contributed by atoms with Gasteiger partial charge in [-0.3, -0.25) is 28.9 Å². The van der Waals surface area contributed by atoms with Crippen LogP contribution in [0.1, 0.15) is 48.5 Å². The molecule has 6 atom stereocenters. The maximum absolute atomic E-state index is 14.6. The van der Waals surface area contributed by atoms with E-state index in [0.29, 0.717) is 22.4 Å². The summed E-state index contributed by atoms with van der Waals surface area (Å²) in [6, 6.07) is 13.1. The Balaban J connectivity index is 1.38. The van der Waals surface area contributed by atoms with Crippen LogP contribution in [0.3, 0.4) is 0 Å². The molecule has 0 spiro atoms. The topological polar surface area (TPSA) is 131 Å². The van der Waals surface area contributed by atoms with Gasteiger partial charge in [-0.2, -0.15) is 0 Å². The van der Waals surface area contributed by atoms with Crippen molar-refractivity contribution in [1.82, 2.24) is 0 Å². The molecule has 3 aromatic carbocycles. The van der Waals surface area contributed by atoms with Crippen LogP contribution in [0, 0.1) is 34.9 Å². The normalized spacial score (nSPS) is 27.5. The lowest BCUT2D eigenvalue weighted by Crippen LogP contribution is -2.48. The first kappa shape index (κ1) is 32.5. The Morgan fingerprint density at radius 3 is 2.12 bits per heavy atom. The first-order valence-electron chi connectivity index (χ1n) is 15.8. The number of phenolic OH excluding ortho intramolecular Hbond substituents is 1. The number of amides is 4. The Kier molecular flexibility index (Phi) is 7.66. The molecule has 4 aliphatic rings. The number of halogens is 2. The van der Waals surface area contributed by atoms with E-state index in [1.807, 2.05) is 6.08 Å². The van der Waals surface area contributed by atoms with E-state index in [0.717, 1.165) is 15.9 Å². The number of ketones is 1. The van der Waals surface area contributed by atoms with Crippen molar-refractivity contribution in [3.05, 3.63) is 88.2 Å². The molecule has 2 aliphatic carbocycles. The van der Waals surface area contributed by atoms with Crippen LogP contribution in [-0.4, -0.2) is 48.7 Å². The molecule has 0 aromatic heterocycles. The quantitative estimate of drug-likeness (QED) is 0.195. The number of fused-ring (bicyclic) bond motifs is 4. The molecule has 7 rings (SSSR count). The molecule has 1 N–H and O–H groups in total. The van der Waals surface area contributed by atoms with Crippen molar-refractivity contribution < 1.29 is 42.9 Å². The molecule has 6 unspecified atom stereocenters. The van der Waals surface area contributed by atoms with Gasteiger partial charge in [-0.1, -0.05) is 23.3 Å². The van der Waals surface area contributed by atoms with Crippen LogP contribution in [0.5, 0.6) is 17.2 Å². The molecule has 0 radical (unpaired) electrons. The van der Waals surface area contributed by atoms with E-state index >= 15 is 0 Å². The summed E-state index contributed by atoms with van der Waals surface area (Å²) in [4.78, 5) is 71.3. The third-order valence-electron chi connectivity index (χ3n) is 10.8. The highest BCUT2D eigenvalue weighted by molar-refractivity contribution is 6.32. The van der Waals surface area contributed by atoms with Crippen LogP contribution >= 0.6 is 11.6 Å². The van der Waals surface area contributed by atoms with E-state index in [-0.39, 0.29) is 52.5 Å². The van der Waals surface area contributed by atoms with Crippen molar-refractivity contribution in [3.8, 4) is 17.2 Å². The van der Waals surface area contributed by atoms with Gasteiger partial charge in [0.2, 0.25) is 29.4 Å². The standard InChI is InChI=1S/C37H32ClFN2O8/c1-17(42)18-5-7-20(8-6-18)40-33(44)23-11-10-22-24(30(23)35(40)46)16-25-34(45)41(21-9-12-27(39)26(38)15-21)36(47)37(25,2)31(22)19-13-28(48-3)32(43)29(14-19)49-4/h5-10,12-15,23-25,30-31,43H,11,16H2,1-4H3. The number of benzene rings is 3. The van der Waals surface area contributed by atoms with Crippen LogP contribution in [0.4, 0.5) is 15.8 Å². The number of nitrogens with zero attached hydrogens (tertiary/aromatic N) is 2. The summed E-state index contributed by atoms with van der Waals surface area (Å²) in [5, 5.41) is 10.5. The highest BCUT2D eigenvalue weighted by Crippen LogP contribution is 2.64. The Bertz CT molecular complexity index is 1990. The van der Waals surface area contributed by atoms with Gasteiger partial charge in [-0.25, -0.2) is 9.29 Å². The number of anilines is 2. The third kappa shape index (κ3) is 4.62. The Morgan fingerprint density at radius 1 is 0.898 bits per heavy atom. The van der Waals surface area contributed by atoms with E-state index in [1.165, 1.54) is 33.3 Å². The molecule has 252 valence electrons. The predicted molar refractivity (Wildman–Crippen MR) is 176 cm³/mol. The van der Waals surface area contributed by atoms with Gasteiger partial charge in [-0.15, -0.1) is 0 Å². The number of hydrogen-bond acceptors (Lipinski definition) is 8. The average Bonchev–Trinajstić information content (AvgIpc) is 3.45. The second-order valence-electron chi connectivity index (χ2n) is 13.1. The highest BCUT2D eigenvalue weighted by Gasteiger charge is 2.67. The molecule has 1 saturated carbocycles. The zero-order chi connectivity index (χ0) is 35.1. The van der Waals surface area contributed by atoms with Crippen molar-refractivity contribution in [3.63, 3.8) is 0 Å². The molecule has 2 saturated heterocycles. The summed E-state index contributed by atoms with van der Waals surface area (Å²) >= 11 is 6.08. The first-order chi connectivity index (χ1) is 23.3. The summed E-state index contributed by atoms with van der Waals surface area (Å²) in [6.07, 6.45) is 2.21. The van der Waals surface area contributed by atoms with Crippen LogP contribution < -0.4 is 19.3 Å². The van der Waals surface area contributed by atoms with Crippen molar-refractivity contribution in [1.29, 1.82) is 0 Å². The zero-order valence-electron chi connectivity index (χ0n) is 27.0. The number of hydrogen-bond donors (Lipinski definition) is 1. The lowest BCUT2D eigenvalue weighted by Gasteiger charge is -2.49. The van der Waals surface area contributed by atoms with Gasteiger partial charge in [0.15, 0.2) is 17.3 Å². The van der Waals surface area contributed by atoms with Gasteiger partial charge >= 0.3 is 0 Å². The number of carbonyl (C=O) groups is 5. The SMILES string of the molecule is COc1cc(C2C3=CCC4C(=O)N(c5ccc(C(C)=O)cc5)C(=O)C4C3CC3C(=O)N(c4ccc(F)c(Cl)c4)C(=O)C32C)cc(OC)c1O. The van der Waals surface area contributed by atoms with E-state index in [9.17, 15) is 33.5 Å². The largest absolute Gasteiger partial charge is 0.502 e. The summed E-state index contributed by atoms with van der Waals surface area (Å²) in [5.74, 6) is -6.74. The maximum atomic E-state index is 14.6. The van der Waals surface area contributed by atoms with Crippen molar-refractivity contribution in [2.75, 3.05) is 24.0 Å². The molecule has 12 heteroatoms. The number of ether oxygens (including phenoxy) is 2. The minimum absolute atomic E-state index is 0.0807. The molecular formula is C37H32ClFN2O8. The summed E-state index contributed by atoms with van der Waals surface area (Å²) < 4.78 is 25.1. The molecule has 4 amide bonds. The Labute approximate surface area is 286 Å². The fourth-order valence-electron chi connectivity index (χ4n) is 8.45. The second-order valence-corrected chi connectivity index (χ2v) is 13.6. The lowest BCUT2D eigenvalue weighted by molar-refractivity contribution is -0.131. The predicted octanol–water partition coefficient (Wildman–Crippen LogP) is 5.84. The molecule has 2 aliphatic heterocycles. The number of allylic oxidation sites excluding steroid dienone is 2. The van der Waals surface area contributed by atoms with E-state index in [1.54, 1.807) is 43.3 Å². The highest BCUT2D eigenvalue weighted by atomic mass is 35.5. The van der Waals surface area contributed by atoms with E-state index < -0.39 is 58.5 Å². The number of phenols is 1. The monoisotopic (exact) mass is 686 g/mol. The Morgan fingerprint density at radius 2 is 1.53 bits per heavy atom. The van der Waals surface area contributed by atoms with Gasteiger partial charge in [0.1, 0.15) is 5.82 Å². The molecule has 49 heavy (non-hydrogen) atoms. The number of imide groups is 2. The fraction of sp³-hybridized carbons (Fsp3) is 0.324. The van der Waals surface area contributed by atoms with Crippen LogP contribution in [0.15, 0.2) is 66.2 Å². The summed E-state index contributed by atoms with van der Waals surface area (Å²) in [6.45, 7) is 3.13. The second kappa shape index (κ2) is 11.5. The third-order valence-corrected chi connectivity index (χ3v) is 11.1. The van der Waals surface area contributed by atoms with E-state index in [4.69, 9.17) is 21.1 Å². The minimum atomic E-state index is -1.41. The molecule has 0 bridgehead atoms. The number of rotatable bonds is 6. The van der Waals surface area contributed by atoms with Crippen LogP contribution in [0.2, 0.25) is 5.02 Å². The molecule has 2 heterocycles. The first-order valence-corrected chi connectivity index (χ1v) is 16.2. The van der Waals surface area contributed by atoms with Crippen molar-refractivity contribution in [2.45, 2.75) is 32.6 Å². The van der Waals surface area contributed by atoms with Crippen molar-refractivity contribution in [2.24, 2.45) is 29.1 Å². The lowest BCUT2D eigenvalue weighted by atomic mass is 9.51. The maximum Gasteiger partial charge on any atom is 0.241 e. The number of Topliss-reactive ketones (excluding diaryl/α,β-unsaturated/α-hetero) is 1. The summed E-state index contributed by atoms with van der Waals surface area (Å²) in [7, 11) is 2.75. The van der Waals surface area contributed by atoms with Gasteiger partial charge in [0, 0.05) is 11.5 Å². The zero-order valence-corrected chi connectivity index (χ0v) is 27.8. The van der Waals surface area contributed by atoms with Gasteiger partial charge in [-0.05, 0) is 92.8 Å². The molecule has 10 nitrogen and oxygen atoms in total.